The lowest BCUT2D eigenvalue weighted by molar-refractivity contribution is -0.202. The molecule has 14 heavy (non-hydrogen) atoms. The van der Waals surface area contributed by atoms with Crippen molar-refractivity contribution >= 4 is 11.8 Å². The summed E-state index contributed by atoms with van der Waals surface area (Å²) in [4.78, 5) is 10.3. The van der Waals surface area contributed by atoms with E-state index in [4.69, 9.17) is 11.1 Å². The Hall–Kier alpha value is -1.53. The van der Waals surface area contributed by atoms with Crippen molar-refractivity contribution in [1.82, 2.24) is 0 Å². The minimum Gasteiger partial charge on any atom is -0.447 e. The Balaban J connectivity index is 4.38. The van der Waals surface area contributed by atoms with Gasteiger partial charge in [-0.25, -0.2) is 4.79 Å². The first-order chi connectivity index (χ1) is 6.29. The fraction of sp³-hybridized carbons (Fsp3) is 0.429. The third kappa shape index (κ3) is 3.92. The summed E-state index contributed by atoms with van der Waals surface area (Å²) in [7, 11) is 0. The molecule has 1 atom stereocenters. The topological polar surface area (TPSA) is 76.2 Å². The van der Waals surface area contributed by atoms with Crippen LogP contribution >= 0.6 is 0 Å². The Morgan fingerprint density at radius 3 is 2.43 bits per heavy atom. The molecule has 4 nitrogen and oxygen atoms in total. The van der Waals surface area contributed by atoms with Crippen molar-refractivity contribution in [3.8, 4) is 0 Å². The van der Waals surface area contributed by atoms with Crippen molar-refractivity contribution in [1.29, 1.82) is 5.41 Å². The first kappa shape index (κ1) is 12.5. The van der Waals surface area contributed by atoms with E-state index in [0.717, 1.165) is 0 Å². The van der Waals surface area contributed by atoms with E-state index < -0.39 is 24.1 Å². The average Bonchev–Trinajstić information content (AvgIpc) is 2.01. The fourth-order valence-electron chi connectivity index (χ4n) is 0.586. The summed E-state index contributed by atoms with van der Waals surface area (Å²) in [6.07, 6.45) is -5.40. The van der Waals surface area contributed by atoms with Gasteiger partial charge in [0.2, 0.25) is 0 Å². The summed E-state index contributed by atoms with van der Waals surface area (Å²) in [6, 6.07) is 0. The summed E-state index contributed by atoms with van der Waals surface area (Å²) in [6.45, 7) is 3.23. The minimum absolute atomic E-state index is 0.128. The number of halogens is 3. The van der Waals surface area contributed by atoms with Crippen LogP contribution in [-0.4, -0.2) is 24.1 Å². The van der Waals surface area contributed by atoms with Crippen LogP contribution < -0.4 is 5.73 Å². The molecule has 0 aliphatic rings. The minimum atomic E-state index is -5.07. The molecular formula is C7H9F3N2O2. The van der Waals surface area contributed by atoms with Crippen LogP contribution in [0.15, 0.2) is 12.7 Å². The molecule has 0 rings (SSSR count). The van der Waals surface area contributed by atoms with Gasteiger partial charge in [0.05, 0.1) is 0 Å². The predicted molar refractivity (Wildman–Crippen MR) is 42.7 cm³/mol. The number of amidine groups is 1. The van der Waals surface area contributed by atoms with Crippen molar-refractivity contribution in [2.24, 2.45) is 5.73 Å². The molecule has 0 saturated carbocycles. The number of nitrogens with one attached hydrogen (secondary N) is 1. The number of hydrogen-bond acceptors (Lipinski definition) is 3. The van der Waals surface area contributed by atoms with E-state index in [1.165, 1.54) is 6.08 Å². The molecular weight excluding hydrogens is 201 g/mol. The van der Waals surface area contributed by atoms with Crippen LogP contribution in [0, 0.1) is 5.41 Å². The van der Waals surface area contributed by atoms with E-state index in [1.807, 2.05) is 0 Å². The van der Waals surface area contributed by atoms with Crippen molar-refractivity contribution in [3.05, 3.63) is 12.7 Å². The number of alkyl halides is 3. The third-order valence-corrected chi connectivity index (χ3v) is 1.21. The Kier molecular flexibility index (Phi) is 4.13. The number of rotatable bonds is 4. The number of ether oxygens (including phenoxy) is 1. The largest absolute Gasteiger partial charge is 0.490 e. The normalized spacial score (nSPS) is 13.1. The van der Waals surface area contributed by atoms with Crippen molar-refractivity contribution in [3.63, 3.8) is 0 Å². The number of hydrogen-bond donors (Lipinski definition) is 2. The Morgan fingerprint density at radius 1 is 1.64 bits per heavy atom. The van der Waals surface area contributed by atoms with E-state index in [-0.39, 0.29) is 6.42 Å². The molecule has 1 unspecified atom stereocenters. The molecule has 0 amide bonds. The van der Waals surface area contributed by atoms with Gasteiger partial charge >= 0.3 is 12.1 Å². The highest BCUT2D eigenvalue weighted by Crippen LogP contribution is 2.18. The average molecular weight is 210 g/mol. The van der Waals surface area contributed by atoms with Gasteiger partial charge in [-0.2, -0.15) is 13.2 Å². The molecule has 3 N–H and O–H groups in total. The number of esters is 1. The summed E-state index contributed by atoms with van der Waals surface area (Å²) >= 11 is 0. The van der Waals surface area contributed by atoms with Crippen LogP contribution in [0.3, 0.4) is 0 Å². The van der Waals surface area contributed by atoms with E-state index in [1.54, 1.807) is 0 Å². The van der Waals surface area contributed by atoms with Gasteiger partial charge < -0.3 is 10.5 Å². The lowest BCUT2D eigenvalue weighted by atomic mass is 10.2. The first-order valence-corrected chi connectivity index (χ1v) is 3.51. The van der Waals surface area contributed by atoms with E-state index in [9.17, 15) is 18.0 Å². The lowest BCUT2D eigenvalue weighted by Gasteiger charge is -2.15. The zero-order chi connectivity index (χ0) is 11.4. The van der Waals surface area contributed by atoms with Crippen LogP contribution in [-0.2, 0) is 9.53 Å². The summed E-state index contributed by atoms with van der Waals surface area (Å²) in [5.74, 6) is -3.01. The van der Waals surface area contributed by atoms with Gasteiger partial charge in [-0.1, -0.05) is 6.08 Å². The Morgan fingerprint density at radius 2 is 2.14 bits per heavy atom. The number of carbonyl (C=O) groups excluding carboxylic acids is 1. The molecule has 0 radical (unpaired) electrons. The van der Waals surface area contributed by atoms with Gasteiger partial charge in [0, 0.05) is 6.42 Å². The van der Waals surface area contributed by atoms with E-state index in [2.05, 4.69) is 11.3 Å². The standard InChI is InChI=1S/C7H9F3N2O2/c1-2-3-4(5(11)12)14-6(13)7(8,9)10/h2,4H,1,3H2,(H3,11,12). The first-order valence-electron chi connectivity index (χ1n) is 3.51. The van der Waals surface area contributed by atoms with E-state index >= 15 is 0 Å². The number of nitrogens with two attached hydrogens (primary N) is 1. The van der Waals surface area contributed by atoms with Gasteiger partial charge in [0.1, 0.15) is 5.84 Å². The van der Waals surface area contributed by atoms with Crippen LogP contribution in [0.5, 0.6) is 0 Å². The molecule has 0 fully saturated rings. The zero-order valence-corrected chi connectivity index (χ0v) is 7.10. The summed E-state index contributed by atoms with van der Waals surface area (Å²) in [5.41, 5.74) is 4.91. The third-order valence-electron chi connectivity index (χ3n) is 1.21. The maximum absolute atomic E-state index is 11.7. The second-order valence-corrected chi connectivity index (χ2v) is 2.37. The van der Waals surface area contributed by atoms with Crippen LogP contribution in [0.25, 0.3) is 0 Å². The molecule has 7 heteroatoms. The second-order valence-electron chi connectivity index (χ2n) is 2.37. The fourth-order valence-corrected chi connectivity index (χ4v) is 0.586. The van der Waals surface area contributed by atoms with E-state index in [0.29, 0.717) is 0 Å². The second kappa shape index (κ2) is 4.64. The highest BCUT2D eigenvalue weighted by Gasteiger charge is 2.42. The van der Waals surface area contributed by atoms with Gasteiger partial charge in [0.25, 0.3) is 0 Å². The molecule has 0 aliphatic carbocycles. The summed E-state index contributed by atoms with van der Waals surface area (Å²) in [5, 5.41) is 6.84. The molecule has 0 heterocycles. The van der Waals surface area contributed by atoms with Crippen molar-refractivity contribution in [2.45, 2.75) is 18.7 Å². The predicted octanol–water partition coefficient (Wildman–Crippen LogP) is 0.973. The molecule has 0 saturated heterocycles. The molecule has 0 spiro atoms. The molecule has 0 bridgehead atoms. The molecule has 0 aromatic heterocycles. The number of carbonyl (C=O) groups is 1. The smallest absolute Gasteiger partial charge is 0.447 e. The molecule has 0 aromatic rings. The Bertz CT molecular complexity index is 250. The van der Waals surface area contributed by atoms with Gasteiger partial charge in [-0.3, -0.25) is 5.41 Å². The molecule has 0 aromatic carbocycles. The Labute approximate surface area is 78.0 Å². The zero-order valence-electron chi connectivity index (χ0n) is 7.10. The van der Waals surface area contributed by atoms with Crippen molar-refractivity contribution < 1.29 is 22.7 Å². The quantitative estimate of drug-likeness (QED) is 0.314. The van der Waals surface area contributed by atoms with Gasteiger partial charge in [-0.05, 0) is 0 Å². The highest BCUT2D eigenvalue weighted by molar-refractivity contribution is 5.85. The van der Waals surface area contributed by atoms with Gasteiger partial charge in [0.15, 0.2) is 6.10 Å². The van der Waals surface area contributed by atoms with Crippen LogP contribution in [0.2, 0.25) is 0 Å². The maximum atomic E-state index is 11.7. The SMILES string of the molecule is C=CCC(OC(=O)C(F)(F)F)C(=N)N. The van der Waals surface area contributed by atoms with Crippen LogP contribution in [0.4, 0.5) is 13.2 Å². The lowest BCUT2D eigenvalue weighted by Crippen LogP contribution is -2.37. The highest BCUT2D eigenvalue weighted by atomic mass is 19.4. The summed E-state index contributed by atoms with van der Waals surface area (Å²) < 4.78 is 39.0. The monoisotopic (exact) mass is 210 g/mol. The maximum Gasteiger partial charge on any atom is 0.490 e. The van der Waals surface area contributed by atoms with Crippen LogP contribution in [0.1, 0.15) is 6.42 Å². The van der Waals surface area contributed by atoms with Crippen molar-refractivity contribution in [2.75, 3.05) is 0 Å². The van der Waals surface area contributed by atoms with Gasteiger partial charge in [-0.15, -0.1) is 6.58 Å². The molecule has 0 aliphatic heterocycles. The molecule has 80 valence electrons.